The number of allylic oxidation sites excluding steroid dienone is 4. The third-order valence-electron chi connectivity index (χ3n) is 14.0. The van der Waals surface area contributed by atoms with Crippen LogP contribution in [0.3, 0.4) is 0 Å². The predicted molar refractivity (Wildman–Crippen MR) is 282 cm³/mol. The standard InChI is InChI=1S/C64H40N2O2/c1-2-16-48-42(14-1)32-39-55-63-54(21-13-27-61(63)68-64(48)55)51-19-6-9-23-57(51)65(45-34-28-41(29-35-45)44-33-38-53-52-20-7-12-26-60(52)67-62(53)40-44)46-36-30-43(31-37-46)47-15-3-8-22-56(47)66-58-24-10-4-17-49(58)50-18-5-11-25-59(50)66/h1-10,12-24,26-30,32-36,38-40H,31,37H2. The molecule has 3 aromatic heterocycles. The van der Waals surface area contributed by atoms with Crippen LogP contribution in [0, 0.1) is 12.1 Å². The van der Waals surface area contributed by atoms with Crippen molar-refractivity contribution in [2.45, 2.75) is 12.8 Å². The number of fused-ring (bicyclic) bond motifs is 11. The summed E-state index contributed by atoms with van der Waals surface area (Å²) in [7, 11) is 0. The topological polar surface area (TPSA) is 34.5 Å². The minimum atomic E-state index is 0.830. The van der Waals surface area contributed by atoms with E-state index in [1.54, 1.807) is 0 Å². The van der Waals surface area contributed by atoms with Crippen LogP contribution in [0.1, 0.15) is 18.4 Å². The summed E-state index contributed by atoms with van der Waals surface area (Å²) in [4.78, 5) is 2.47. The van der Waals surface area contributed by atoms with Gasteiger partial charge in [0.25, 0.3) is 0 Å². The fraction of sp³-hybridized carbons (Fsp3) is 0.0312. The average Bonchev–Trinajstić information content (AvgIpc) is 4.09. The summed E-state index contributed by atoms with van der Waals surface area (Å²) in [5.41, 5.74) is 17.3. The molecule has 4 heteroatoms. The highest BCUT2D eigenvalue weighted by Gasteiger charge is 2.25. The van der Waals surface area contributed by atoms with Gasteiger partial charge in [0.1, 0.15) is 27.8 Å². The van der Waals surface area contributed by atoms with E-state index in [9.17, 15) is 0 Å². The number of rotatable bonds is 7. The molecule has 0 bridgehead atoms. The molecular formula is C64H40N2O2. The van der Waals surface area contributed by atoms with Crippen LogP contribution in [-0.2, 0) is 0 Å². The minimum Gasteiger partial charge on any atom is -0.456 e. The van der Waals surface area contributed by atoms with Crippen LogP contribution in [0.15, 0.2) is 233 Å². The van der Waals surface area contributed by atoms with Gasteiger partial charge in [-0.2, -0.15) is 0 Å². The Morgan fingerprint density at radius 1 is 0.471 bits per heavy atom. The highest BCUT2D eigenvalue weighted by Crippen LogP contribution is 2.47. The first-order valence-corrected chi connectivity index (χ1v) is 23.3. The minimum absolute atomic E-state index is 0.830. The van der Waals surface area contributed by atoms with Gasteiger partial charge in [-0.3, -0.25) is 0 Å². The molecule has 1 aliphatic rings. The van der Waals surface area contributed by atoms with Crippen LogP contribution in [-0.4, -0.2) is 4.57 Å². The summed E-state index contributed by atoms with van der Waals surface area (Å²) in [6.45, 7) is 0. The highest BCUT2D eigenvalue weighted by atomic mass is 16.3. The molecule has 0 radical (unpaired) electrons. The van der Waals surface area contributed by atoms with E-state index >= 15 is 0 Å². The molecule has 0 spiro atoms. The van der Waals surface area contributed by atoms with Gasteiger partial charge in [0, 0.05) is 60.2 Å². The Balaban J connectivity index is 0.921. The molecule has 10 aromatic carbocycles. The summed E-state index contributed by atoms with van der Waals surface area (Å²) in [6.07, 6.45) is 6.36. The number of anilines is 2. The molecule has 0 saturated carbocycles. The van der Waals surface area contributed by atoms with Gasteiger partial charge < -0.3 is 18.3 Å². The van der Waals surface area contributed by atoms with Crippen molar-refractivity contribution in [2.75, 3.05) is 4.90 Å². The van der Waals surface area contributed by atoms with Crippen LogP contribution in [0.4, 0.5) is 11.4 Å². The maximum absolute atomic E-state index is 6.72. The Morgan fingerprint density at radius 3 is 2.09 bits per heavy atom. The van der Waals surface area contributed by atoms with E-state index in [1.807, 2.05) is 18.2 Å². The number of hydrogen-bond donors (Lipinski definition) is 0. The van der Waals surface area contributed by atoms with Crippen molar-refractivity contribution in [3.63, 3.8) is 0 Å². The number of para-hydroxylation sites is 4. The number of nitrogens with zero attached hydrogens (tertiary/aromatic N) is 2. The summed E-state index contributed by atoms with van der Waals surface area (Å²) in [5.74, 6) is 0. The second kappa shape index (κ2) is 15.3. The van der Waals surface area contributed by atoms with Crippen molar-refractivity contribution >= 4 is 93.4 Å². The SMILES string of the molecule is c1ccc2c3ccccc3n(-c3ccccc3C3=CC=C(N(c4ccc(-c5ccc6c(c5)oc5ccccc56)cc4)c4ccccc4-c4cccc5oc6c7ccccc7ccc6c45)CC3)c2c#1. The molecule has 0 aliphatic heterocycles. The number of hydrogen-bond acceptors (Lipinski definition) is 3. The monoisotopic (exact) mass is 868 g/mol. The molecule has 0 atom stereocenters. The molecule has 0 N–H and O–H groups in total. The molecule has 68 heavy (non-hydrogen) atoms. The van der Waals surface area contributed by atoms with E-state index in [0.717, 1.165) is 112 Å². The van der Waals surface area contributed by atoms with E-state index < -0.39 is 0 Å². The van der Waals surface area contributed by atoms with E-state index in [4.69, 9.17) is 8.83 Å². The van der Waals surface area contributed by atoms with Crippen LogP contribution in [0.5, 0.6) is 0 Å². The van der Waals surface area contributed by atoms with Crippen LogP contribution < -0.4 is 4.90 Å². The van der Waals surface area contributed by atoms with E-state index in [2.05, 4.69) is 222 Å². The predicted octanol–water partition coefficient (Wildman–Crippen LogP) is 17.6. The summed E-state index contributed by atoms with van der Waals surface area (Å²) >= 11 is 0. The smallest absolute Gasteiger partial charge is 0.143 e. The fourth-order valence-electron chi connectivity index (χ4n) is 10.9. The van der Waals surface area contributed by atoms with Crippen LogP contribution >= 0.6 is 0 Å². The first kappa shape index (κ1) is 38.3. The summed E-state index contributed by atoms with van der Waals surface area (Å²) < 4.78 is 15.4. The Bertz CT molecular complexity index is 4160. The Hall–Kier alpha value is -9.04. The molecule has 0 fully saturated rings. The molecular weight excluding hydrogens is 829 g/mol. The normalized spacial score (nSPS) is 12.9. The Morgan fingerprint density at radius 2 is 1.19 bits per heavy atom. The van der Waals surface area contributed by atoms with Crippen molar-refractivity contribution in [1.82, 2.24) is 4.57 Å². The van der Waals surface area contributed by atoms with Gasteiger partial charge in [-0.05, 0) is 125 Å². The third kappa shape index (κ3) is 5.96. The molecule has 3 heterocycles. The fourth-order valence-corrected chi connectivity index (χ4v) is 10.9. The van der Waals surface area contributed by atoms with Gasteiger partial charge in [-0.25, -0.2) is 0 Å². The average molecular weight is 869 g/mol. The first-order valence-electron chi connectivity index (χ1n) is 23.3. The highest BCUT2D eigenvalue weighted by molar-refractivity contribution is 6.20. The van der Waals surface area contributed by atoms with Crippen molar-refractivity contribution in [1.29, 1.82) is 0 Å². The molecule has 14 rings (SSSR count). The third-order valence-corrected chi connectivity index (χ3v) is 14.0. The molecule has 13 aromatic rings. The first-order chi connectivity index (χ1) is 33.7. The zero-order valence-electron chi connectivity index (χ0n) is 36.9. The van der Waals surface area contributed by atoms with Crippen LogP contribution in [0.25, 0.3) is 110 Å². The van der Waals surface area contributed by atoms with E-state index in [0.29, 0.717) is 0 Å². The largest absolute Gasteiger partial charge is 0.456 e. The zero-order valence-corrected chi connectivity index (χ0v) is 36.9. The van der Waals surface area contributed by atoms with Gasteiger partial charge in [0.15, 0.2) is 0 Å². The van der Waals surface area contributed by atoms with Crippen molar-refractivity contribution in [3.05, 3.63) is 242 Å². The number of benzene rings is 9. The van der Waals surface area contributed by atoms with Gasteiger partial charge in [-0.15, -0.1) is 0 Å². The lowest BCUT2D eigenvalue weighted by molar-refractivity contribution is 0.669. The van der Waals surface area contributed by atoms with Crippen molar-refractivity contribution in [3.8, 4) is 27.9 Å². The molecule has 0 saturated heterocycles. The van der Waals surface area contributed by atoms with Crippen LogP contribution in [0.2, 0.25) is 0 Å². The molecule has 4 nitrogen and oxygen atoms in total. The maximum Gasteiger partial charge on any atom is 0.143 e. The maximum atomic E-state index is 6.72. The van der Waals surface area contributed by atoms with Gasteiger partial charge in [0.05, 0.1) is 16.9 Å². The van der Waals surface area contributed by atoms with Gasteiger partial charge in [0.2, 0.25) is 0 Å². The molecule has 0 amide bonds. The Kier molecular flexibility index (Phi) is 8.59. The molecule has 318 valence electrons. The second-order valence-electron chi connectivity index (χ2n) is 17.7. The number of furan rings is 2. The Labute approximate surface area is 392 Å². The van der Waals surface area contributed by atoms with Gasteiger partial charge in [-0.1, -0.05) is 146 Å². The second-order valence-corrected chi connectivity index (χ2v) is 17.7. The number of aromatic nitrogens is 1. The van der Waals surface area contributed by atoms with Crippen molar-refractivity contribution in [2.24, 2.45) is 0 Å². The molecule has 0 unspecified atom stereocenters. The summed E-state index contributed by atoms with van der Waals surface area (Å²) in [5, 5.41) is 9.17. The van der Waals surface area contributed by atoms with Gasteiger partial charge >= 0.3 is 0 Å². The van der Waals surface area contributed by atoms with Crippen molar-refractivity contribution < 1.29 is 8.83 Å². The molecule has 1 aliphatic carbocycles. The van der Waals surface area contributed by atoms with E-state index in [1.165, 1.54) is 33.0 Å². The quantitative estimate of drug-likeness (QED) is 0.160. The lowest BCUT2D eigenvalue weighted by Gasteiger charge is -2.32. The lowest BCUT2D eigenvalue weighted by Crippen LogP contribution is -2.19. The summed E-state index contributed by atoms with van der Waals surface area (Å²) in [6, 6.07) is 80.3. The zero-order chi connectivity index (χ0) is 44.7. The lowest BCUT2D eigenvalue weighted by atomic mass is 9.92. The van der Waals surface area contributed by atoms with E-state index in [-0.39, 0.29) is 0 Å².